The maximum atomic E-state index is 13.2. The quantitative estimate of drug-likeness (QED) is 0.347. The van der Waals surface area contributed by atoms with Crippen LogP contribution < -0.4 is 5.32 Å². The average Bonchev–Trinajstić information content (AvgIpc) is 3.28. The Kier molecular flexibility index (Phi) is 5.77. The fraction of sp³-hybridized carbons (Fsp3) is 0.281. The highest BCUT2D eigenvalue weighted by Gasteiger charge is 2.24. The Hall–Kier alpha value is -3.59. The highest BCUT2D eigenvalue weighted by atomic mass is 16.1. The Morgan fingerprint density at radius 1 is 0.857 bits per heavy atom. The van der Waals surface area contributed by atoms with Gasteiger partial charge in [-0.3, -0.25) is 4.79 Å². The number of nitrogens with one attached hydrogen (secondary N) is 1. The van der Waals surface area contributed by atoms with Crippen molar-refractivity contribution in [3.05, 3.63) is 113 Å². The summed E-state index contributed by atoms with van der Waals surface area (Å²) in [5.41, 5.74) is 9.81. The van der Waals surface area contributed by atoms with Crippen LogP contribution in [0.15, 0.2) is 84.9 Å². The highest BCUT2D eigenvalue weighted by molar-refractivity contribution is 5.94. The molecule has 1 amide bonds. The van der Waals surface area contributed by atoms with Crippen LogP contribution in [0.2, 0.25) is 0 Å². The summed E-state index contributed by atoms with van der Waals surface area (Å²) in [6.45, 7) is 2.35. The zero-order valence-electron chi connectivity index (χ0n) is 20.3. The molecule has 4 aromatic rings. The summed E-state index contributed by atoms with van der Waals surface area (Å²) < 4.78 is 2.41. The fourth-order valence-corrected chi connectivity index (χ4v) is 5.94. The molecule has 0 saturated carbocycles. The highest BCUT2D eigenvalue weighted by Crippen LogP contribution is 2.35. The molecule has 2 atom stereocenters. The van der Waals surface area contributed by atoms with E-state index in [1.165, 1.54) is 40.1 Å². The molecule has 0 fully saturated rings. The van der Waals surface area contributed by atoms with Crippen LogP contribution in [0.3, 0.4) is 0 Å². The van der Waals surface area contributed by atoms with E-state index >= 15 is 0 Å². The summed E-state index contributed by atoms with van der Waals surface area (Å²) in [7, 11) is 0. The second kappa shape index (κ2) is 9.22. The number of aryl methyl sites for hydroxylation is 1. The second-order valence-corrected chi connectivity index (χ2v) is 10.2. The Morgan fingerprint density at radius 3 is 2.46 bits per heavy atom. The van der Waals surface area contributed by atoms with Gasteiger partial charge in [0, 0.05) is 16.9 Å². The minimum atomic E-state index is 0.00453. The molecule has 1 heterocycles. The third-order valence-corrected chi connectivity index (χ3v) is 7.77. The minimum Gasteiger partial charge on any atom is -0.345 e. The lowest BCUT2D eigenvalue weighted by molar-refractivity contribution is 0.0933. The van der Waals surface area contributed by atoms with Crippen molar-refractivity contribution >= 4 is 5.91 Å². The predicted molar refractivity (Wildman–Crippen MR) is 142 cm³/mol. The molecule has 3 nitrogen and oxygen atoms in total. The van der Waals surface area contributed by atoms with Crippen molar-refractivity contribution in [2.75, 3.05) is 0 Å². The summed E-state index contributed by atoms with van der Waals surface area (Å²) in [4.78, 5) is 13.2. The molecule has 2 aliphatic rings. The van der Waals surface area contributed by atoms with Crippen LogP contribution in [0.25, 0.3) is 16.9 Å². The Labute approximate surface area is 207 Å². The zero-order valence-corrected chi connectivity index (χ0v) is 20.3. The summed E-state index contributed by atoms with van der Waals surface area (Å²) in [5.74, 6) is 0.725. The number of carbonyl (C=O) groups is 1. The zero-order chi connectivity index (χ0) is 23.8. The summed E-state index contributed by atoms with van der Waals surface area (Å²) in [6.07, 6.45) is 6.64. The average molecular weight is 461 g/mol. The van der Waals surface area contributed by atoms with Gasteiger partial charge in [-0.1, -0.05) is 61.5 Å². The van der Waals surface area contributed by atoms with Crippen molar-refractivity contribution in [1.82, 2.24) is 9.88 Å². The number of rotatable bonds is 4. The lowest BCUT2D eigenvalue weighted by Gasteiger charge is -2.26. The lowest BCUT2D eigenvalue weighted by atomic mass is 9.87. The SMILES string of the molecule is C[C@@H]1CCc2c(cc(-c3ccccc3)n2-c2ccc(C(=O)N[C@@H]3CCCc4ccccc43)cc2)C1. The number of carbonyl (C=O) groups excluding carboxylic acids is 1. The van der Waals surface area contributed by atoms with Gasteiger partial charge in [-0.15, -0.1) is 0 Å². The van der Waals surface area contributed by atoms with Crippen LogP contribution in [0.5, 0.6) is 0 Å². The topological polar surface area (TPSA) is 34.0 Å². The van der Waals surface area contributed by atoms with E-state index in [4.69, 9.17) is 0 Å². The van der Waals surface area contributed by atoms with E-state index < -0.39 is 0 Å². The summed E-state index contributed by atoms with van der Waals surface area (Å²) >= 11 is 0. The van der Waals surface area contributed by atoms with E-state index in [9.17, 15) is 4.79 Å². The molecule has 0 radical (unpaired) electrons. The molecule has 0 bridgehead atoms. The standard InChI is InChI=1S/C32H32N2O/c1-22-14-19-30-26(20-22)21-31(24-9-3-2-4-10-24)34(30)27-17-15-25(16-18-27)32(35)33-29-13-7-11-23-8-5-6-12-28(23)29/h2-6,8-10,12,15-18,21-22,29H,7,11,13-14,19-20H2,1H3,(H,33,35)/t22-,29-/m1/s1. The van der Waals surface area contributed by atoms with Gasteiger partial charge < -0.3 is 9.88 Å². The first-order chi connectivity index (χ1) is 17.2. The number of aromatic nitrogens is 1. The van der Waals surface area contributed by atoms with Crippen molar-refractivity contribution in [3.8, 4) is 16.9 Å². The summed E-state index contributed by atoms with van der Waals surface area (Å²) in [6, 6.07) is 29.8. The van der Waals surface area contributed by atoms with Crippen molar-refractivity contribution in [3.63, 3.8) is 0 Å². The maximum Gasteiger partial charge on any atom is 0.251 e. The molecule has 3 aromatic carbocycles. The molecule has 0 aliphatic heterocycles. The fourth-order valence-electron chi connectivity index (χ4n) is 5.94. The Morgan fingerprint density at radius 2 is 1.63 bits per heavy atom. The number of fused-ring (bicyclic) bond motifs is 2. The van der Waals surface area contributed by atoms with Crippen molar-refractivity contribution in [1.29, 1.82) is 0 Å². The lowest BCUT2D eigenvalue weighted by Crippen LogP contribution is -2.30. The first kappa shape index (κ1) is 21.9. The molecule has 1 N–H and O–H groups in total. The number of nitrogens with zero attached hydrogens (tertiary/aromatic N) is 1. The minimum absolute atomic E-state index is 0.00453. The summed E-state index contributed by atoms with van der Waals surface area (Å²) in [5, 5.41) is 3.29. The van der Waals surface area contributed by atoms with Crippen molar-refractivity contribution in [2.24, 2.45) is 5.92 Å². The van der Waals surface area contributed by atoms with Crippen LogP contribution in [-0.4, -0.2) is 10.5 Å². The third-order valence-electron chi connectivity index (χ3n) is 7.77. The number of hydrogen-bond donors (Lipinski definition) is 1. The van der Waals surface area contributed by atoms with E-state index in [2.05, 4.69) is 89.6 Å². The molecule has 0 unspecified atom stereocenters. The van der Waals surface area contributed by atoms with Crippen LogP contribution >= 0.6 is 0 Å². The van der Waals surface area contributed by atoms with Gasteiger partial charge in [-0.25, -0.2) is 0 Å². The van der Waals surface area contributed by atoms with Crippen molar-refractivity contribution in [2.45, 2.75) is 51.5 Å². The van der Waals surface area contributed by atoms with E-state index in [-0.39, 0.29) is 11.9 Å². The predicted octanol–water partition coefficient (Wildman–Crippen LogP) is 7.08. The van der Waals surface area contributed by atoms with E-state index in [0.29, 0.717) is 5.56 Å². The Balaban J connectivity index is 1.30. The van der Waals surface area contributed by atoms with Gasteiger partial charge in [-0.05, 0) is 97.0 Å². The molecule has 1 aromatic heterocycles. The smallest absolute Gasteiger partial charge is 0.251 e. The second-order valence-electron chi connectivity index (χ2n) is 10.2. The van der Waals surface area contributed by atoms with Crippen LogP contribution in [-0.2, 0) is 19.3 Å². The van der Waals surface area contributed by atoms with Crippen molar-refractivity contribution < 1.29 is 4.79 Å². The van der Waals surface area contributed by atoms with Gasteiger partial charge in [0.15, 0.2) is 0 Å². The van der Waals surface area contributed by atoms with E-state index in [1.54, 1.807) is 0 Å². The van der Waals surface area contributed by atoms with Gasteiger partial charge in [0.1, 0.15) is 0 Å². The Bertz CT molecular complexity index is 1350. The third kappa shape index (κ3) is 4.20. The van der Waals surface area contributed by atoms with E-state index in [1.807, 2.05) is 12.1 Å². The first-order valence-electron chi connectivity index (χ1n) is 13.0. The largest absolute Gasteiger partial charge is 0.345 e. The van der Waals surface area contributed by atoms with Gasteiger partial charge >= 0.3 is 0 Å². The van der Waals surface area contributed by atoms with Gasteiger partial charge in [0.05, 0.1) is 11.7 Å². The molecule has 35 heavy (non-hydrogen) atoms. The molecular weight excluding hydrogens is 428 g/mol. The van der Waals surface area contributed by atoms with Gasteiger partial charge in [0.25, 0.3) is 5.91 Å². The monoisotopic (exact) mass is 460 g/mol. The molecule has 176 valence electrons. The van der Waals surface area contributed by atoms with Crippen LogP contribution in [0, 0.1) is 5.92 Å². The molecule has 2 aliphatic carbocycles. The van der Waals surface area contributed by atoms with Crippen LogP contribution in [0.4, 0.5) is 0 Å². The van der Waals surface area contributed by atoms with Gasteiger partial charge in [0.2, 0.25) is 0 Å². The van der Waals surface area contributed by atoms with Gasteiger partial charge in [-0.2, -0.15) is 0 Å². The number of hydrogen-bond acceptors (Lipinski definition) is 1. The number of benzene rings is 3. The maximum absolute atomic E-state index is 13.2. The molecule has 0 saturated heterocycles. The molecule has 0 spiro atoms. The van der Waals surface area contributed by atoms with E-state index in [0.717, 1.165) is 43.7 Å². The van der Waals surface area contributed by atoms with Crippen LogP contribution in [0.1, 0.15) is 65.0 Å². The normalized spacial score (nSPS) is 19.0. The molecule has 3 heteroatoms. The molecule has 6 rings (SSSR count). The first-order valence-corrected chi connectivity index (χ1v) is 13.0. The molecular formula is C32H32N2O. The number of amides is 1.